The van der Waals surface area contributed by atoms with Crippen molar-refractivity contribution in [1.29, 1.82) is 0 Å². The first-order chi connectivity index (χ1) is 6.21. The van der Waals surface area contributed by atoms with Crippen LogP contribution in [0, 0.1) is 0 Å². The molecule has 0 unspecified atom stereocenters. The Morgan fingerprint density at radius 2 is 1.86 bits per heavy atom. The summed E-state index contributed by atoms with van der Waals surface area (Å²) in [7, 11) is 1.62. The molecule has 0 rings (SSSR count). The molecule has 2 N–H and O–H groups in total. The van der Waals surface area contributed by atoms with Crippen molar-refractivity contribution in [2.75, 3.05) is 34.3 Å². The summed E-state index contributed by atoms with van der Waals surface area (Å²) in [5, 5.41) is 0. The van der Waals surface area contributed by atoms with Gasteiger partial charge in [-0.3, -0.25) is 9.79 Å². The molecule has 6 nitrogen and oxygen atoms in total. The normalized spacial score (nSPS) is 13.2. The van der Waals surface area contributed by atoms with Crippen molar-refractivity contribution < 1.29 is 28.1 Å². The SMILES string of the molecule is C[N+](C)(C)CCOC=COP(=O)(O)O. The van der Waals surface area contributed by atoms with Gasteiger partial charge in [0.15, 0.2) is 0 Å². The van der Waals surface area contributed by atoms with Crippen LogP contribution in [-0.2, 0) is 13.8 Å². The van der Waals surface area contributed by atoms with E-state index in [9.17, 15) is 4.57 Å². The molecule has 0 aromatic heterocycles. The molecule has 0 saturated carbocycles. The van der Waals surface area contributed by atoms with Gasteiger partial charge in [0.25, 0.3) is 0 Å². The average Bonchev–Trinajstić information content (AvgIpc) is 1.92. The second-order valence-corrected chi connectivity index (χ2v) is 4.94. The Kier molecular flexibility index (Phi) is 5.15. The fourth-order valence-electron chi connectivity index (χ4n) is 0.538. The van der Waals surface area contributed by atoms with Crippen LogP contribution in [0.4, 0.5) is 0 Å². The lowest BCUT2D eigenvalue weighted by atomic mass is 10.5. The summed E-state index contributed by atoms with van der Waals surface area (Å²) in [4.78, 5) is 16.6. The summed E-state index contributed by atoms with van der Waals surface area (Å²) >= 11 is 0. The van der Waals surface area contributed by atoms with Gasteiger partial charge in [-0.05, 0) is 0 Å². The highest BCUT2D eigenvalue weighted by Gasteiger charge is 2.11. The summed E-state index contributed by atoms with van der Waals surface area (Å²) in [6, 6.07) is 0. The Bertz CT molecular complexity index is 229. The number of hydrogen-bond acceptors (Lipinski definition) is 3. The van der Waals surface area contributed by atoms with Crippen LogP contribution >= 0.6 is 7.82 Å². The molecule has 0 heterocycles. The van der Waals surface area contributed by atoms with Crippen LogP contribution in [0.15, 0.2) is 12.5 Å². The fraction of sp³-hybridized carbons (Fsp3) is 0.714. The molecule has 0 aliphatic heterocycles. The van der Waals surface area contributed by atoms with Gasteiger partial charge >= 0.3 is 7.82 Å². The Balaban J connectivity index is 3.51. The van der Waals surface area contributed by atoms with Crippen molar-refractivity contribution >= 4 is 7.82 Å². The van der Waals surface area contributed by atoms with Crippen molar-refractivity contribution in [3.05, 3.63) is 12.5 Å². The number of rotatable bonds is 6. The Morgan fingerprint density at radius 3 is 2.29 bits per heavy atom. The van der Waals surface area contributed by atoms with Crippen LogP contribution in [0.25, 0.3) is 0 Å². The fourth-order valence-corrected chi connectivity index (χ4v) is 0.746. The molecule has 0 bridgehead atoms. The third-order valence-electron chi connectivity index (χ3n) is 1.23. The quantitative estimate of drug-likeness (QED) is 0.294. The van der Waals surface area contributed by atoms with Crippen LogP contribution in [-0.4, -0.2) is 48.6 Å². The third kappa shape index (κ3) is 11.4. The summed E-state index contributed by atoms with van der Waals surface area (Å²) in [6.07, 6.45) is 1.96. The van der Waals surface area contributed by atoms with Gasteiger partial charge in [-0.1, -0.05) is 0 Å². The maximum atomic E-state index is 10.2. The molecule has 0 aliphatic carbocycles. The van der Waals surface area contributed by atoms with E-state index in [-0.39, 0.29) is 0 Å². The molecule has 0 atom stereocenters. The van der Waals surface area contributed by atoms with Crippen molar-refractivity contribution in [3.63, 3.8) is 0 Å². The lowest BCUT2D eigenvalue weighted by molar-refractivity contribution is -0.870. The Labute approximate surface area is 83.6 Å². The van der Waals surface area contributed by atoms with Crippen LogP contribution in [0.5, 0.6) is 0 Å². The first-order valence-corrected chi connectivity index (χ1v) is 5.55. The van der Waals surface area contributed by atoms with Gasteiger partial charge in [0.1, 0.15) is 25.7 Å². The van der Waals surface area contributed by atoms with E-state index < -0.39 is 7.82 Å². The molecule has 0 fully saturated rings. The van der Waals surface area contributed by atoms with Crippen LogP contribution in [0.3, 0.4) is 0 Å². The van der Waals surface area contributed by atoms with E-state index in [0.717, 1.165) is 23.6 Å². The summed E-state index contributed by atoms with van der Waals surface area (Å²) in [6.45, 7) is 1.25. The number of hydrogen-bond donors (Lipinski definition) is 2. The zero-order chi connectivity index (χ0) is 11.2. The van der Waals surface area contributed by atoms with Gasteiger partial charge in [-0.2, -0.15) is 0 Å². The number of ether oxygens (including phenoxy) is 1. The maximum Gasteiger partial charge on any atom is 0.524 e. The van der Waals surface area contributed by atoms with Gasteiger partial charge in [-0.15, -0.1) is 0 Å². The molecule has 0 amide bonds. The smallest absolute Gasteiger partial charge is 0.492 e. The van der Waals surface area contributed by atoms with Crippen molar-refractivity contribution in [2.24, 2.45) is 0 Å². The van der Waals surface area contributed by atoms with Gasteiger partial charge in [0.05, 0.1) is 21.1 Å². The lowest BCUT2D eigenvalue weighted by Gasteiger charge is -2.22. The molecule has 84 valence electrons. The van der Waals surface area contributed by atoms with Crippen molar-refractivity contribution in [2.45, 2.75) is 0 Å². The first-order valence-electron chi connectivity index (χ1n) is 4.02. The van der Waals surface area contributed by atoms with Gasteiger partial charge < -0.3 is 13.7 Å². The highest BCUT2D eigenvalue weighted by molar-refractivity contribution is 7.46. The molecule has 0 radical (unpaired) electrons. The zero-order valence-electron chi connectivity index (χ0n) is 8.58. The van der Waals surface area contributed by atoms with E-state index in [1.165, 1.54) is 0 Å². The summed E-state index contributed by atoms with van der Waals surface area (Å²) < 4.78 is 19.9. The van der Waals surface area contributed by atoms with Gasteiger partial charge in [0, 0.05) is 0 Å². The van der Waals surface area contributed by atoms with Crippen LogP contribution in [0.2, 0.25) is 0 Å². The van der Waals surface area contributed by atoms with E-state index in [0.29, 0.717) is 6.61 Å². The highest BCUT2D eigenvalue weighted by Crippen LogP contribution is 2.35. The molecule has 14 heavy (non-hydrogen) atoms. The topological polar surface area (TPSA) is 76.0 Å². The maximum absolute atomic E-state index is 10.2. The zero-order valence-corrected chi connectivity index (χ0v) is 9.48. The monoisotopic (exact) mass is 226 g/mol. The highest BCUT2D eigenvalue weighted by atomic mass is 31.2. The van der Waals surface area contributed by atoms with E-state index >= 15 is 0 Å². The minimum absolute atomic E-state index is 0.463. The second kappa shape index (κ2) is 5.36. The van der Waals surface area contributed by atoms with Crippen LogP contribution in [0.1, 0.15) is 0 Å². The molecular formula is C7H17NO5P+. The molecule has 0 saturated heterocycles. The minimum atomic E-state index is -4.42. The number of phosphoric ester groups is 1. The number of likely N-dealkylation sites (N-methyl/N-ethyl adjacent to an activating group) is 1. The number of nitrogens with zero attached hydrogens (tertiary/aromatic N) is 1. The number of quaternary nitrogens is 1. The lowest BCUT2D eigenvalue weighted by Crippen LogP contribution is -2.37. The Hall–Kier alpha value is -0.550. The minimum Gasteiger partial charge on any atom is -0.492 e. The summed E-state index contributed by atoms with van der Waals surface area (Å²) in [5.41, 5.74) is 0. The molecular weight excluding hydrogens is 209 g/mol. The summed E-state index contributed by atoms with van der Waals surface area (Å²) in [5.74, 6) is 0. The van der Waals surface area contributed by atoms with E-state index in [2.05, 4.69) is 4.52 Å². The van der Waals surface area contributed by atoms with E-state index in [1.807, 2.05) is 21.1 Å². The molecule has 0 aliphatic rings. The predicted molar refractivity (Wildman–Crippen MR) is 51.1 cm³/mol. The van der Waals surface area contributed by atoms with E-state index in [1.54, 1.807) is 0 Å². The molecule has 0 aromatic rings. The standard InChI is InChI=1S/C7H16NO5P/c1-8(2,3)4-5-12-6-7-13-14(9,10)11/h6-7H,4-5H2,1-3H3,(H-,9,10,11)/p+1. The van der Waals surface area contributed by atoms with Crippen molar-refractivity contribution in [3.8, 4) is 0 Å². The Morgan fingerprint density at radius 1 is 1.29 bits per heavy atom. The van der Waals surface area contributed by atoms with Crippen molar-refractivity contribution in [1.82, 2.24) is 0 Å². The van der Waals surface area contributed by atoms with Gasteiger partial charge in [-0.25, -0.2) is 4.57 Å². The molecule has 7 heteroatoms. The third-order valence-corrected chi connectivity index (χ3v) is 1.63. The largest absolute Gasteiger partial charge is 0.524 e. The predicted octanol–water partition coefficient (Wildman–Crippen LogP) is 0.290. The van der Waals surface area contributed by atoms with Crippen LogP contribution < -0.4 is 0 Å². The average molecular weight is 226 g/mol. The van der Waals surface area contributed by atoms with Gasteiger partial charge in [0.2, 0.25) is 0 Å². The number of phosphoric acid groups is 1. The first kappa shape index (κ1) is 13.4. The molecule has 0 spiro atoms. The molecule has 0 aromatic carbocycles. The van der Waals surface area contributed by atoms with E-state index in [4.69, 9.17) is 14.5 Å². The second-order valence-electron chi connectivity index (χ2n) is 3.75.